The number of benzene rings is 2. The van der Waals surface area contributed by atoms with Crippen LogP contribution in [0.4, 0.5) is 0 Å². The van der Waals surface area contributed by atoms with Crippen LogP contribution in [0.15, 0.2) is 42.5 Å². The fraction of sp³-hybridized carbons (Fsp3) is 0.278. The van der Waals surface area contributed by atoms with Gasteiger partial charge in [0.15, 0.2) is 11.5 Å². The van der Waals surface area contributed by atoms with Gasteiger partial charge in [-0.15, -0.1) is 0 Å². The number of hydrogen-bond donors (Lipinski definition) is 1. The van der Waals surface area contributed by atoms with Gasteiger partial charge < -0.3 is 14.6 Å². The van der Waals surface area contributed by atoms with Gasteiger partial charge in [-0.2, -0.15) is 0 Å². The first-order valence-electron chi connectivity index (χ1n) is 7.35. The van der Waals surface area contributed by atoms with Crippen LogP contribution in [0, 0.1) is 0 Å². The molecule has 0 saturated heterocycles. The van der Waals surface area contributed by atoms with Crippen molar-refractivity contribution in [2.75, 3.05) is 13.7 Å². The highest BCUT2D eigenvalue weighted by Crippen LogP contribution is 2.36. The van der Waals surface area contributed by atoms with Crippen LogP contribution in [0.2, 0.25) is 5.02 Å². The monoisotopic (exact) mass is 334 g/mol. The van der Waals surface area contributed by atoms with E-state index in [1.54, 1.807) is 12.1 Å². The lowest BCUT2D eigenvalue weighted by molar-refractivity contribution is -0.136. The van der Waals surface area contributed by atoms with E-state index in [0.29, 0.717) is 29.5 Å². The lowest BCUT2D eigenvalue weighted by Gasteiger charge is -2.14. The molecule has 1 N–H and O–H groups in total. The quantitative estimate of drug-likeness (QED) is 0.793. The van der Waals surface area contributed by atoms with E-state index in [2.05, 4.69) is 0 Å². The number of rotatable bonds is 8. The number of carboxylic acid groups (broad SMARTS) is 1. The molecule has 0 bridgehead atoms. The van der Waals surface area contributed by atoms with E-state index in [1.165, 1.54) is 12.7 Å². The van der Waals surface area contributed by atoms with Crippen molar-refractivity contribution in [3.63, 3.8) is 0 Å². The molecule has 0 heterocycles. The lowest BCUT2D eigenvalue weighted by Crippen LogP contribution is -2.04. The van der Waals surface area contributed by atoms with Crippen LogP contribution in [-0.4, -0.2) is 24.8 Å². The molecule has 0 aliphatic carbocycles. The van der Waals surface area contributed by atoms with Crippen molar-refractivity contribution in [3.8, 4) is 11.5 Å². The van der Waals surface area contributed by atoms with Crippen LogP contribution in [0.3, 0.4) is 0 Å². The first-order valence-corrected chi connectivity index (χ1v) is 7.73. The molecule has 0 aromatic heterocycles. The Morgan fingerprint density at radius 3 is 2.52 bits per heavy atom. The molecule has 0 unspecified atom stereocenters. The lowest BCUT2D eigenvalue weighted by atomic mass is 10.1. The Hall–Kier alpha value is -2.20. The highest BCUT2D eigenvalue weighted by molar-refractivity contribution is 6.32. The van der Waals surface area contributed by atoms with E-state index in [-0.39, 0.29) is 6.42 Å². The Bertz CT molecular complexity index is 656. The molecule has 23 heavy (non-hydrogen) atoms. The van der Waals surface area contributed by atoms with Crippen LogP contribution < -0.4 is 9.47 Å². The van der Waals surface area contributed by atoms with Crippen molar-refractivity contribution < 1.29 is 19.4 Å². The molecule has 2 aromatic carbocycles. The minimum atomic E-state index is -0.844. The Labute approximate surface area is 140 Å². The molecule has 0 fully saturated rings. The third-order valence-corrected chi connectivity index (χ3v) is 3.68. The van der Waals surface area contributed by atoms with E-state index in [1.807, 2.05) is 30.3 Å². The molecule has 0 atom stereocenters. The molecule has 2 aromatic rings. The molecule has 0 spiro atoms. The molecule has 5 heteroatoms. The van der Waals surface area contributed by atoms with Gasteiger partial charge in [0.05, 0.1) is 18.7 Å². The summed E-state index contributed by atoms with van der Waals surface area (Å²) in [5.41, 5.74) is 1.99. The summed E-state index contributed by atoms with van der Waals surface area (Å²) in [5, 5.41) is 9.19. The van der Waals surface area contributed by atoms with Crippen molar-refractivity contribution in [1.82, 2.24) is 0 Å². The average molecular weight is 335 g/mol. The maximum absolute atomic E-state index is 10.7. The van der Waals surface area contributed by atoms with Gasteiger partial charge in [-0.3, -0.25) is 4.79 Å². The predicted octanol–water partition coefficient (Wildman–Crippen LogP) is 3.99. The smallest absolute Gasteiger partial charge is 0.303 e. The van der Waals surface area contributed by atoms with Crippen molar-refractivity contribution in [1.29, 1.82) is 0 Å². The molecule has 0 aliphatic heterocycles. The number of carboxylic acids is 1. The van der Waals surface area contributed by atoms with Crippen LogP contribution in [0.1, 0.15) is 17.5 Å². The zero-order valence-corrected chi connectivity index (χ0v) is 13.7. The number of aliphatic carboxylic acids is 1. The SMILES string of the molecule is COc1cc(CCC(=O)O)cc(Cl)c1OCCc1ccccc1. The Morgan fingerprint density at radius 1 is 1.13 bits per heavy atom. The van der Waals surface area contributed by atoms with Gasteiger partial charge in [0.2, 0.25) is 0 Å². The van der Waals surface area contributed by atoms with Crippen LogP contribution in [0.5, 0.6) is 11.5 Å². The Balaban J connectivity index is 2.04. The van der Waals surface area contributed by atoms with Gasteiger partial charge in [0.25, 0.3) is 0 Å². The second-order valence-electron chi connectivity index (χ2n) is 5.09. The fourth-order valence-corrected chi connectivity index (χ4v) is 2.51. The van der Waals surface area contributed by atoms with Crippen molar-refractivity contribution in [2.45, 2.75) is 19.3 Å². The second-order valence-corrected chi connectivity index (χ2v) is 5.49. The van der Waals surface area contributed by atoms with Crippen molar-refractivity contribution >= 4 is 17.6 Å². The largest absolute Gasteiger partial charge is 0.493 e. The Morgan fingerprint density at radius 2 is 1.87 bits per heavy atom. The van der Waals surface area contributed by atoms with Crippen molar-refractivity contribution in [2.24, 2.45) is 0 Å². The first kappa shape index (κ1) is 17.2. The number of aryl methyl sites for hydroxylation is 1. The number of ether oxygens (including phenoxy) is 2. The summed E-state index contributed by atoms with van der Waals surface area (Å²) in [6.07, 6.45) is 1.21. The molecule has 0 radical (unpaired) electrons. The third kappa shape index (κ3) is 5.18. The zero-order valence-electron chi connectivity index (χ0n) is 12.9. The van der Waals surface area contributed by atoms with Gasteiger partial charge >= 0.3 is 5.97 Å². The van der Waals surface area contributed by atoms with Crippen LogP contribution in [0.25, 0.3) is 0 Å². The molecule has 0 aliphatic rings. The minimum absolute atomic E-state index is 0.0493. The highest BCUT2D eigenvalue weighted by atomic mass is 35.5. The summed E-state index contributed by atoms with van der Waals surface area (Å²) in [6.45, 7) is 0.481. The molecular weight excluding hydrogens is 316 g/mol. The molecule has 4 nitrogen and oxygen atoms in total. The molecule has 0 saturated carbocycles. The van der Waals surface area contributed by atoms with E-state index in [4.69, 9.17) is 26.2 Å². The molecule has 2 rings (SSSR count). The summed E-state index contributed by atoms with van der Waals surface area (Å²) in [5.74, 6) is 0.165. The summed E-state index contributed by atoms with van der Waals surface area (Å²) in [4.78, 5) is 10.7. The molecule has 122 valence electrons. The molecule has 0 amide bonds. The van der Waals surface area contributed by atoms with Gasteiger partial charge in [-0.05, 0) is 29.7 Å². The van der Waals surface area contributed by atoms with Gasteiger partial charge in [-0.25, -0.2) is 0 Å². The van der Waals surface area contributed by atoms with E-state index in [9.17, 15) is 4.79 Å². The predicted molar refractivity (Wildman–Crippen MR) is 89.6 cm³/mol. The summed E-state index contributed by atoms with van der Waals surface area (Å²) < 4.78 is 11.1. The minimum Gasteiger partial charge on any atom is -0.493 e. The second kappa shape index (κ2) is 8.44. The Kier molecular flexibility index (Phi) is 6.29. The number of methoxy groups -OCH3 is 1. The standard InChI is InChI=1S/C18H19ClO4/c1-22-16-12-14(7-8-17(20)21)11-15(19)18(16)23-10-9-13-5-3-2-4-6-13/h2-6,11-12H,7-10H2,1H3,(H,20,21). The van der Waals surface area contributed by atoms with Crippen LogP contribution >= 0.6 is 11.6 Å². The third-order valence-electron chi connectivity index (χ3n) is 3.40. The van der Waals surface area contributed by atoms with Crippen LogP contribution in [-0.2, 0) is 17.6 Å². The summed E-state index contributed by atoms with van der Waals surface area (Å²) >= 11 is 6.26. The fourth-order valence-electron chi connectivity index (χ4n) is 2.22. The normalized spacial score (nSPS) is 10.3. The summed E-state index contributed by atoms with van der Waals surface area (Å²) in [6, 6.07) is 13.5. The average Bonchev–Trinajstić information content (AvgIpc) is 2.55. The maximum Gasteiger partial charge on any atom is 0.303 e. The van der Waals surface area contributed by atoms with Gasteiger partial charge in [0.1, 0.15) is 0 Å². The number of carbonyl (C=O) groups is 1. The number of halogens is 1. The van der Waals surface area contributed by atoms with Gasteiger partial charge in [0, 0.05) is 12.8 Å². The first-order chi connectivity index (χ1) is 11.1. The number of hydrogen-bond acceptors (Lipinski definition) is 3. The van der Waals surface area contributed by atoms with Gasteiger partial charge in [-0.1, -0.05) is 41.9 Å². The molecular formula is C18H19ClO4. The topological polar surface area (TPSA) is 55.8 Å². The van der Waals surface area contributed by atoms with Crippen molar-refractivity contribution in [3.05, 3.63) is 58.6 Å². The van der Waals surface area contributed by atoms with E-state index in [0.717, 1.165) is 12.0 Å². The van der Waals surface area contributed by atoms with E-state index >= 15 is 0 Å². The zero-order chi connectivity index (χ0) is 16.7. The highest BCUT2D eigenvalue weighted by Gasteiger charge is 2.13. The van der Waals surface area contributed by atoms with E-state index < -0.39 is 5.97 Å². The maximum atomic E-state index is 10.7. The summed E-state index contributed by atoms with van der Waals surface area (Å²) in [7, 11) is 1.54.